The first-order chi connectivity index (χ1) is 17.1. The van der Waals surface area contributed by atoms with Gasteiger partial charge in [0.15, 0.2) is 5.84 Å². The summed E-state index contributed by atoms with van der Waals surface area (Å²) in [5, 5.41) is 10.1. The molecular weight excluding hydrogens is 458 g/mol. The van der Waals surface area contributed by atoms with Crippen LogP contribution in [-0.4, -0.2) is 38.4 Å². The number of benzene rings is 2. The van der Waals surface area contributed by atoms with Gasteiger partial charge < -0.3 is 10.8 Å². The van der Waals surface area contributed by atoms with Crippen LogP contribution in [0.5, 0.6) is 0 Å². The first kappa shape index (κ1) is 23.3. The van der Waals surface area contributed by atoms with Gasteiger partial charge in [-0.2, -0.15) is 16.4 Å². The minimum Gasteiger partial charge on any atom is -0.321 e. The largest absolute Gasteiger partial charge is 0.326 e. The Hall–Kier alpha value is -3.40. The SMILES string of the molecule is C[C@@H](c1ccccc1)N(N)/C(=N\N)[C@@H](c1ccsc1)N1CCC(n2c(=O)[nH]c3ccccc32)CC1. The molecule has 2 aromatic heterocycles. The fraction of sp³-hybridized carbons (Fsp3) is 0.308. The Morgan fingerprint density at radius 2 is 1.80 bits per heavy atom. The number of nitrogens with zero attached hydrogens (tertiary/aromatic N) is 4. The Balaban J connectivity index is 1.40. The van der Waals surface area contributed by atoms with Crippen LogP contribution >= 0.6 is 11.3 Å². The van der Waals surface area contributed by atoms with Gasteiger partial charge in [-0.25, -0.2) is 10.6 Å². The maximum Gasteiger partial charge on any atom is 0.326 e. The van der Waals surface area contributed by atoms with Gasteiger partial charge in [0.2, 0.25) is 0 Å². The molecule has 1 aliphatic heterocycles. The first-order valence-electron chi connectivity index (χ1n) is 11.9. The highest BCUT2D eigenvalue weighted by molar-refractivity contribution is 7.08. The summed E-state index contributed by atoms with van der Waals surface area (Å²) >= 11 is 1.65. The number of fused-ring (bicyclic) bond motifs is 1. The van der Waals surface area contributed by atoms with Gasteiger partial charge in [0.1, 0.15) is 0 Å². The summed E-state index contributed by atoms with van der Waals surface area (Å²) in [5.74, 6) is 13.3. The molecular formula is C26H31N7OS. The zero-order valence-electron chi connectivity index (χ0n) is 19.7. The Kier molecular flexibility index (Phi) is 6.72. The van der Waals surface area contributed by atoms with Crippen molar-refractivity contribution >= 4 is 28.2 Å². The van der Waals surface area contributed by atoms with E-state index in [0.29, 0.717) is 5.84 Å². The average molecular weight is 490 g/mol. The van der Waals surface area contributed by atoms with Crippen LogP contribution in [-0.2, 0) is 0 Å². The van der Waals surface area contributed by atoms with E-state index in [2.05, 4.69) is 50.9 Å². The highest BCUT2D eigenvalue weighted by Gasteiger charge is 2.34. The molecule has 0 radical (unpaired) electrons. The highest BCUT2D eigenvalue weighted by Crippen LogP contribution is 2.33. The van der Waals surface area contributed by atoms with Crippen LogP contribution in [0.25, 0.3) is 11.0 Å². The van der Waals surface area contributed by atoms with E-state index in [0.717, 1.165) is 48.1 Å². The number of hydrazone groups is 1. The van der Waals surface area contributed by atoms with Gasteiger partial charge in [0.05, 0.1) is 23.1 Å². The van der Waals surface area contributed by atoms with Crippen molar-refractivity contribution < 1.29 is 0 Å². The van der Waals surface area contributed by atoms with Crippen LogP contribution in [0, 0.1) is 0 Å². The van der Waals surface area contributed by atoms with E-state index in [4.69, 9.17) is 11.7 Å². The number of hydrogen-bond acceptors (Lipinski definition) is 6. The van der Waals surface area contributed by atoms with Gasteiger partial charge in [-0.1, -0.05) is 42.5 Å². The van der Waals surface area contributed by atoms with Gasteiger partial charge in [0.25, 0.3) is 0 Å². The number of aromatic nitrogens is 2. The minimum absolute atomic E-state index is 0.0481. The number of nitrogens with two attached hydrogens (primary N) is 2. The van der Waals surface area contributed by atoms with Crippen LogP contribution in [0.15, 0.2) is 81.3 Å². The molecule has 35 heavy (non-hydrogen) atoms. The Morgan fingerprint density at radius 1 is 1.09 bits per heavy atom. The van der Waals surface area contributed by atoms with E-state index in [1.165, 1.54) is 0 Å². The lowest BCUT2D eigenvalue weighted by Crippen LogP contribution is -2.50. The number of amidine groups is 1. The molecule has 4 aromatic rings. The number of hydrazine groups is 1. The lowest BCUT2D eigenvalue weighted by Gasteiger charge is -2.40. The number of nitrogens with one attached hydrogen (secondary N) is 1. The number of thiophene rings is 1. The Labute approximate surface area is 208 Å². The molecule has 1 fully saturated rings. The van der Waals surface area contributed by atoms with Crippen molar-refractivity contribution in [2.24, 2.45) is 16.8 Å². The zero-order chi connectivity index (χ0) is 24.4. The quantitative estimate of drug-likeness (QED) is 0.164. The van der Waals surface area contributed by atoms with Gasteiger partial charge in [-0.15, -0.1) is 0 Å². The molecule has 182 valence electrons. The molecule has 1 saturated heterocycles. The van der Waals surface area contributed by atoms with E-state index >= 15 is 0 Å². The maximum absolute atomic E-state index is 12.7. The fourth-order valence-corrected chi connectivity index (χ4v) is 5.84. The standard InChI is InChI=1S/C26H31N7OS/c1-18(19-7-3-2-4-8-19)33(28)25(30-27)24(20-13-16-35-17-20)31-14-11-21(12-15-31)32-23-10-6-5-9-22(23)29-26(32)34/h2-10,13,16-18,21,24H,11-12,14-15,27-28H2,1H3,(H,29,34)/b30-25-/t18-,24+/m0/s1. The molecule has 0 aliphatic carbocycles. The molecule has 0 saturated carbocycles. The van der Waals surface area contributed by atoms with Crippen LogP contribution in [0.4, 0.5) is 0 Å². The topological polar surface area (TPSA) is 109 Å². The van der Waals surface area contributed by atoms with Crippen molar-refractivity contribution in [3.05, 3.63) is 93.0 Å². The number of aromatic amines is 1. The third-order valence-electron chi connectivity index (χ3n) is 7.05. The van der Waals surface area contributed by atoms with Crippen LogP contribution in [0.3, 0.4) is 0 Å². The zero-order valence-corrected chi connectivity index (χ0v) is 20.6. The number of imidazole rings is 1. The maximum atomic E-state index is 12.7. The summed E-state index contributed by atoms with van der Waals surface area (Å²) in [6.45, 7) is 3.65. The molecule has 0 unspecified atom stereocenters. The molecule has 2 atom stereocenters. The predicted molar refractivity (Wildman–Crippen MR) is 142 cm³/mol. The second-order valence-corrected chi connectivity index (χ2v) is 9.80. The van der Waals surface area contributed by atoms with Gasteiger partial charge in [-0.3, -0.25) is 14.5 Å². The van der Waals surface area contributed by atoms with Crippen molar-refractivity contribution in [3.63, 3.8) is 0 Å². The highest BCUT2D eigenvalue weighted by atomic mass is 32.1. The second-order valence-electron chi connectivity index (χ2n) is 9.02. The Morgan fingerprint density at radius 3 is 2.49 bits per heavy atom. The molecule has 5 rings (SSSR count). The molecule has 9 heteroatoms. The van der Waals surface area contributed by atoms with Crippen molar-refractivity contribution in [2.75, 3.05) is 13.1 Å². The minimum atomic E-state index is -0.164. The lowest BCUT2D eigenvalue weighted by atomic mass is 9.98. The van der Waals surface area contributed by atoms with E-state index in [9.17, 15) is 4.79 Å². The molecule has 8 nitrogen and oxygen atoms in total. The molecule has 0 spiro atoms. The van der Waals surface area contributed by atoms with Gasteiger partial charge >= 0.3 is 5.69 Å². The molecule has 5 N–H and O–H groups in total. The van der Waals surface area contributed by atoms with Crippen molar-refractivity contribution in [3.8, 4) is 0 Å². The number of likely N-dealkylation sites (tertiary alicyclic amines) is 1. The summed E-state index contributed by atoms with van der Waals surface area (Å²) in [6, 6.07) is 20.0. The number of hydrogen-bond donors (Lipinski definition) is 3. The lowest BCUT2D eigenvalue weighted by molar-refractivity contribution is 0.154. The molecule has 1 aliphatic rings. The molecule has 2 aromatic carbocycles. The van der Waals surface area contributed by atoms with Crippen molar-refractivity contribution in [1.29, 1.82) is 0 Å². The Bertz CT molecular complexity index is 1340. The van der Waals surface area contributed by atoms with Gasteiger partial charge in [-0.05, 0) is 59.9 Å². The number of H-pyrrole nitrogens is 1. The summed E-state index contributed by atoms with van der Waals surface area (Å²) in [4.78, 5) is 18.1. The fourth-order valence-electron chi connectivity index (χ4n) is 5.16. The summed E-state index contributed by atoms with van der Waals surface area (Å²) in [7, 11) is 0. The van der Waals surface area contributed by atoms with Crippen molar-refractivity contribution in [1.82, 2.24) is 19.5 Å². The van der Waals surface area contributed by atoms with Gasteiger partial charge in [0, 0.05) is 19.1 Å². The monoisotopic (exact) mass is 489 g/mol. The smallest absolute Gasteiger partial charge is 0.321 e. The first-order valence-corrected chi connectivity index (χ1v) is 12.8. The summed E-state index contributed by atoms with van der Waals surface area (Å²) in [5.41, 5.74) is 4.00. The third kappa shape index (κ3) is 4.50. The predicted octanol–water partition coefficient (Wildman–Crippen LogP) is 3.98. The molecule has 3 heterocycles. The van der Waals surface area contributed by atoms with Crippen LogP contribution in [0.2, 0.25) is 0 Å². The number of para-hydroxylation sites is 2. The average Bonchev–Trinajstić information content (AvgIpc) is 3.54. The van der Waals surface area contributed by atoms with E-state index in [-0.39, 0.29) is 23.8 Å². The summed E-state index contributed by atoms with van der Waals surface area (Å²) < 4.78 is 1.91. The summed E-state index contributed by atoms with van der Waals surface area (Å²) in [6.07, 6.45) is 1.69. The molecule has 0 bridgehead atoms. The van der Waals surface area contributed by atoms with E-state index in [1.807, 2.05) is 47.0 Å². The molecule has 0 amide bonds. The number of rotatable bonds is 6. The third-order valence-corrected chi connectivity index (χ3v) is 7.75. The van der Waals surface area contributed by atoms with E-state index < -0.39 is 0 Å². The van der Waals surface area contributed by atoms with Crippen LogP contribution < -0.4 is 17.4 Å². The number of piperidine rings is 1. The van der Waals surface area contributed by atoms with E-state index in [1.54, 1.807) is 16.3 Å². The second kappa shape index (κ2) is 10.1. The van der Waals surface area contributed by atoms with Crippen molar-refractivity contribution in [2.45, 2.75) is 37.9 Å². The van der Waals surface area contributed by atoms with Crippen LogP contribution in [0.1, 0.15) is 49.0 Å². The normalized spacial score (nSPS) is 17.5.